The molecule has 0 aromatic rings. The number of carbonyl (C=O) groups excluding carboxylic acids is 1. The van der Waals surface area contributed by atoms with E-state index in [4.69, 9.17) is 14.5 Å². The number of carbonyl (C=O) groups is 1. The maximum atomic E-state index is 11.6. The maximum absolute atomic E-state index is 11.6. The van der Waals surface area contributed by atoms with Gasteiger partial charge in [0.1, 0.15) is 6.10 Å². The van der Waals surface area contributed by atoms with Crippen molar-refractivity contribution in [2.75, 3.05) is 6.61 Å². The van der Waals surface area contributed by atoms with Gasteiger partial charge in [-0.15, -0.1) is 0 Å². The SMILES string of the molecule is CCCCCCCCCCCCCCCCCC(=O)OC(C)COP(=O)(O)O. The summed E-state index contributed by atoms with van der Waals surface area (Å²) in [6, 6.07) is 0. The van der Waals surface area contributed by atoms with Crippen molar-refractivity contribution in [2.24, 2.45) is 0 Å². The Morgan fingerprint density at radius 1 is 0.786 bits per heavy atom. The molecule has 0 saturated carbocycles. The van der Waals surface area contributed by atoms with Crippen LogP contribution in [0.15, 0.2) is 0 Å². The molecule has 0 aliphatic heterocycles. The highest BCUT2D eigenvalue weighted by Gasteiger charge is 2.17. The molecule has 28 heavy (non-hydrogen) atoms. The third-order valence-electron chi connectivity index (χ3n) is 4.79. The van der Waals surface area contributed by atoms with E-state index in [9.17, 15) is 9.36 Å². The Balaban J connectivity index is 3.30. The first-order valence-electron chi connectivity index (χ1n) is 11.2. The highest BCUT2D eigenvalue weighted by molar-refractivity contribution is 7.46. The summed E-state index contributed by atoms with van der Waals surface area (Å²) >= 11 is 0. The number of phosphoric ester groups is 1. The van der Waals surface area contributed by atoms with Gasteiger partial charge in [0.25, 0.3) is 0 Å². The first kappa shape index (κ1) is 27.6. The third-order valence-corrected chi connectivity index (χ3v) is 5.28. The fourth-order valence-electron chi connectivity index (χ4n) is 3.16. The first-order valence-corrected chi connectivity index (χ1v) is 12.8. The molecule has 0 amide bonds. The summed E-state index contributed by atoms with van der Waals surface area (Å²) in [4.78, 5) is 28.8. The van der Waals surface area contributed by atoms with Crippen LogP contribution in [0.2, 0.25) is 0 Å². The quantitative estimate of drug-likeness (QED) is 0.136. The summed E-state index contributed by atoms with van der Waals surface area (Å²) < 4.78 is 20.0. The molecular formula is C21H43O6P. The van der Waals surface area contributed by atoms with Crippen LogP contribution in [0.3, 0.4) is 0 Å². The van der Waals surface area contributed by atoms with Gasteiger partial charge >= 0.3 is 13.8 Å². The Labute approximate surface area is 172 Å². The topological polar surface area (TPSA) is 93.1 Å². The minimum absolute atomic E-state index is 0.297. The smallest absolute Gasteiger partial charge is 0.460 e. The molecule has 0 heterocycles. The molecule has 168 valence electrons. The number of hydrogen-bond acceptors (Lipinski definition) is 4. The van der Waals surface area contributed by atoms with Crippen molar-refractivity contribution in [3.05, 3.63) is 0 Å². The van der Waals surface area contributed by atoms with E-state index < -0.39 is 13.9 Å². The fourth-order valence-corrected chi connectivity index (χ4v) is 3.56. The van der Waals surface area contributed by atoms with Gasteiger partial charge in [-0.2, -0.15) is 0 Å². The average molecular weight is 423 g/mol. The van der Waals surface area contributed by atoms with Crippen LogP contribution in [0.1, 0.15) is 117 Å². The van der Waals surface area contributed by atoms with Crippen molar-refractivity contribution in [3.8, 4) is 0 Å². The highest BCUT2D eigenvalue weighted by atomic mass is 31.2. The van der Waals surface area contributed by atoms with Crippen molar-refractivity contribution in [3.63, 3.8) is 0 Å². The predicted molar refractivity (Wildman–Crippen MR) is 113 cm³/mol. The molecule has 2 N–H and O–H groups in total. The van der Waals surface area contributed by atoms with Crippen molar-refractivity contribution in [1.82, 2.24) is 0 Å². The second kappa shape index (κ2) is 18.6. The molecular weight excluding hydrogens is 379 g/mol. The zero-order chi connectivity index (χ0) is 21.1. The molecule has 1 atom stereocenters. The van der Waals surface area contributed by atoms with Crippen molar-refractivity contribution >= 4 is 13.8 Å². The molecule has 0 radical (unpaired) electrons. The Kier molecular flexibility index (Phi) is 18.3. The predicted octanol–water partition coefficient (Wildman–Crippen LogP) is 6.29. The summed E-state index contributed by atoms with van der Waals surface area (Å²) in [5.74, 6) is -0.337. The van der Waals surface area contributed by atoms with Gasteiger partial charge in [0, 0.05) is 6.42 Å². The summed E-state index contributed by atoms with van der Waals surface area (Å²) in [6.07, 6.45) is 18.8. The van der Waals surface area contributed by atoms with E-state index in [1.165, 1.54) is 77.0 Å². The molecule has 0 bridgehead atoms. The van der Waals surface area contributed by atoms with Crippen LogP contribution >= 0.6 is 7.82 Å². The Morgan fingerprint density at radius 3 is 1.57 bits per heavy atom. The lowest BCUT2D eigenvalue weighted by molar-refractivity contribution is -0.150. The van der Waals surface area contributed by atoms with Gasteiger partial charge in [-0.3, -0.25) is 9.32 Å². The van der Waals surface area contributed by atoms with Gasteiger partial charge in [-0.05, 0) is 13.3 Å². The van der Waals surface area contributed by atoms with E-state index in [0.717, 1.165) is 19.3 Å². The fraction of sp³-hybridized carbons (Fsp3) is 0.952. The summed E-state index contributed by atoms with van der Waals surface area (Å²) in [5.41, 5.74) is 0. The molecule has 6 nitrogen and oxygen atoms in total. The van der Waals surface area contributed by atoms with E-state index in [-0.39, 0.29) is 12.6 Å². The molecule has 0 rings (SSSR count). The van der Waals surface area contributed by atoms with Gasteiger partial charge < -0.3 is 14.5 Å². The van der Waals surface area contributed by atoms with Crippen LogP contribution in [-0.4, -0.2) is 28.5 Å². The lowest BCUT2D eigenvalue weighted by atomic mass is 10.0. The van der Waals surface area contributed by atoms with Crippen molar-refractivity contribution in [1.29, 1.82) is 0 Å². The third kappa shape index (κ3) is 21.9. The molecule has 0 aliphatic rings. The second-order valence-corrected chi connectivity index (χ2v) is 9.03. The van der Waals surface area contributed by atoms with Gasteiger partial charge in [-0.25, -0.2) is 4.57 Å². The molecule has 7 heteroatoms. The molecule has 0 aromatic carbocycles. The number of ether oxygens (including phenoxy) is 1. The number of esters is 1. The van der Waals surface area contributed by atoms with E-state index in [1.54, 1.807) is 6.92 Å². The molecule has 0 fully saturated rings. The van der Waals surface area contributed by atoms with Crippen molar-refractivity contribution < 1.29 is 28.4 Å². The van der Waals surface area contributed by atoms with Crippen molar-refractivity contribution in [2.45, 2.75) is 123 Å². The summed E-state index contributed by atoms with van der Waals surface area (Å²) in [7, 11) is -4.51. The number of unbranched alkanes of at least 4 members (excludes halogenated alkanes) is 14. The molecule has 0 aliphatic carbocycles. The van der Waals surface area contributed by atoms with E-state index in [1.807, 2.05) is 0 Å². The van der Waals surface area contributed by atoms with Gasteiger partial charge in [0.05, 0.1) is 6.61 Å². The Hall–Kier alpha value is -0.420. The van der Waals surface area contributed by atoms with Gasteiger partial charge in [0.2, 0.25) is 0 Å². The van der Waals surface area contributed by atoms with Crippen LogP contribution in [-0.2, 0) is 18.6 Å². The Bertz CT molecular complexity index is 410. The largest absolute Gasteiger partial charge is 0.469 e. The highest BCUT2D eigenvalue weighted by Crippen LogP contribution is 2.35. The lowest BCUT2D eigenvalue weighted by Crippen LogP contribution is -2.19. The van der Waals surface area contributed by atoms with Gasteiger partial charge in [-0.1, -0.05) is 96.8 Å². The van der Waals surface area contributed by atoms with Gasteiger partial charge in [0.15, 0.2) is 0 Å². The molecule has 0 saturated heterocycles. The minimum Gasteiger partial charge on any atom is -0.460 e. The zero-order valence-corrected chi connectivity index (χ0v) is 19.0. The average Bonchev–Trinajstić information content (AvgIpc) is 2.62. The van der Waals surface area contributed by atoms with Crippen LogP contribution in [0, 0.1) is 0 Å². The van der Waals surface area contributed by atoms with Crippen LogP contribution in [0.5, 0.6) is 0 Å². The molecule has 1 unspecified atom stereocenters. The zero-order valence-electron chi connectivity index (χ0n) is 18.1. The number of rotatable bonds is 20. The van der Waals surface area contributed by atoms with E-state index in [0.29, 0.717) is 6.42 Å². The second-order valence-electron chi connectivity index (χ2n) is 7.79. The molecule has 0 aromatic heterocycles. The normalized spacial score (nSPS) is 12.9. The van der Waals surface area contributed by atoms with E-state index in [2.05, 4.69) is 11.4 Å². The number of hydrogen-bond donors (Lipinski definition) is 2. The first-order chi connectivity index (χ1) is 13.3. The summed E-state index contributed by atoms with van der Waals surface area (Å²) in [6.45, 7) is 3.52. The lowest BCUT2D eigenvalue weighted by Gasteiger charge is -2.13. The minimum atomic E-state index is -4.51. The molecule has 0 spiro atoms. The standard InChI is InChI=1S/C21H43O6P/c1-3-4-5-6-7-8-9-10-11-12-13-14-15-16-17-18-21(22)27-20(2)19-26-28(23,24)25/h20H,3-19H2,1-2H3,(H2,23,24,25). The van der Waals surface area contributed by atoms with E-state index >= 15 is 0 Å². The van der Waals surface area contributed by atoms with Crippen LogP contribution in [0.25, 0.3) is 0 Å². The van der Waals surface area contributed by atoms with Crippen LogP contribution < -0.4 is 0 Å². The maximum Gasteiger partial charge on any atom is 0.469 e. The monoisotopic (exact) mass is 422 g/mol. The van der Waals surface area contributed by atoms with Crippen LogP contribution in [0.4, 0.5) is 0 Å². The summed E-state index contributed by atoms with van der Waals surface area (Å²) in [5, 5.41) is 0. The number of phosphoric acid groups is 1. The Morgan fingerprint density at radius 2 is 1.18 bits per heavy atom.